The van der Waals surface area contributed by atoms with Crippen molar-refractivity contribution in [2.45, 2.75) is 46.1 Å². The molecule has 4 rings (SSSR count). The van der Waals surface area contributed by atoms with Gasteiger partial charge in [-0.15, -0.1) is 0 Å². The van der Waals surface area contributed by atoms with E-state index in [1.807, 2.05) is 44.2 Å². The third-order valence-electron chi connectivity index (χ3n) is 5.68. The highest BCUT2D eigenvalue weighted by Crippen LogP contribution is 2.29. The number of fused-ring (bicyclic) bond motifs is 1. The van der Waals surface area contributed by atoms with Crippen molar-refractivity contribution in [1.29, 1.82) is 0 Å². The fraction of sp³-hybridized carbons (Fsp3) is 0.250. The number of rotatable bonds is 7. The summed E-state index contributed by atoms with van der Waals surface area (Å²) in [5.74, 6) is 1.41. The van der Waals surface area contributed by atoms with Crippen LogP contribution in [0.3, 0.4) is 0 Å². The van der Waals surface area contributed by atoms with Gasteiger partial charge in [-0.2, -0.15) is 0 Å². The van der Waals surface area contributed by atoms with E-state index in [2.05, 4.69) is 41.6 Å². The number of benzene rings is 3. The smallest absolute Gasteiger partial charge is 0.257 e. The summed E-state index contributed by atoms with van der Waals surface area (Å²) in [7, 11) is 0. The van der Waals surface area contributed by atoms with Crippen molar-refractivity contribution in [1.82, 2.24) is 10.3 Å². The molecule has 0 fully saturated rings. The Morgan fingerprint density at radius 1 is 1.06 bits per heavy atom. The fourth-order valence-electron chi connectivity index (χ4n) is 3.63. The van der Waals surface area contributed by atoms with E-state index in [1.54, 1.807) is 24.3 Å². The molecule has 1 aromatic heterocycles. The van der Waals surface area contributed by atoms with Crippen LogP contribution < -0.4 is 15.4 Å². The SMILES string of the molecule is CCC(C)c1ccc2oc(-c3cccc(NC(=S)NC(=O)c4ccc(OC(C)C)cc4)c3)nc2c1. The standard InChI is InChI=1S/C28H29N3O3S/c1-5-18(4)20-11-14-25-24(16-20)30-27(34-25)21-7-6-8-22(15-21)29-28(35)31-26(32)19-9-12-23(13-10-19)33-17(2)3/h6-18H,5H2,1-4H3,(H2,29,31,32,35). The molecular formula is C28H29N3O3S. The van der Waals surface area contributed by atoms with E-state index in [9.17, 15) is 4.79 Å². The van der Waals surface area contributed by atoms with Crippen LogP contribution in [0.15, 0.2) is 71.1 Å². The van der Waals surface area contributed by atoms with Gasteiger partial charge in [-0.3, -0.25) is 10.1 Å². The van der Waals surface area contributed by atoms with Gasteiger partial charge in [0.05, 0.1) is 6.10 Å². The third kappa shape index (κ3) is 6.05. The molecule has 1 unspecified atom stereocenters. The van der Waals surface area contributed by atoms with Gasteiger partial charge in [-0.25, -0.2) is 4.98 Å². The lowest BCUT2D eigenvalue weighted by Crippen LogP contribution is -2.34. The number of thiocarbonyl (C=S) groups is 1. The summed E-state index contributed by atoms with van der Waals surface area (Å²) >= 11 is 5.35. The van der Waals surface area contributed by atoms with Gasteiger partial charge in [-0.05, 0) is 98.6 Å². The molecule has 0 radical (unpaired) electrons. The number of amides is 1. The second-order valence-corrected chi connectivity index (χ2v) is 9.14. The number of carbonyl (C=O) groups excluding carboxylic acids is 1. The Hall–Kier alpha value is -3.71. The van der Waals surface area contributed by atoms with Crippen molar-refractivity contribution < 1.29 is 13.9 Å². The maximum atomic E-state index is 12.6. The summed E-state index contributed by atoms with van der Waals surface area (Å²) in [6.45, 7) is 8.28. The monoisotopic (exact) mass is 487 g/mol. The quantitative estimate of drug-likeness (QED) is 0.276. The summed E-state index contributed by atoms with van der Waals surface area (Å²) in [6, 6.07) is 20.7. The summed E-state index contributed by atoms with van der Waals surface area (Å²) in [5, 5.41) is 5.97. The van der Waals surface area contributed by atoms with Crippen molar-refractivity contribution in [3.05, 3.63) is 77.9 Å². The molecule has 0 aliphatic rings. The summed E-state index contributed by atoms with van der Waals surface area (Å²) in [4.78, 5) is 17.2. The highest BCUT2D eigenvalue weighted by Gasteiger charge is 2.13. The largest absolute Gasteiger partial charge is 0.491 e. The minimum Gasteiger partial charge on any atom is -0.491 e. The third-order valence-corrected chi connectivity index (χ3v) is 5.88. The maximum Gasteiger partial charge on any atom is 0.257 e. The van der Waals surface area contributed by atoms with Crippen LogP contribution in [-0.4, -0.2) is 22.1 Å². The minimum atomic E-state index is -0.300. The topological polar surface area (TPSA) is 76.4 Å². The van der Waals surface area contributed by atoms with Crippen molar-refractivity contribution in [2.75, 3.05) is 5.32 Å². The Kier molecular flexibility index (Phi) is 7.46. The van der Waals surface area contributed by atoms with Gasteiger partial charge >= 0.3 is 0 Å². The molecule has 6 nitrogen and oxygen atoms in total. The van der Waals surface area contributed by atoms with Gasteiger partial charge in [0.2, 0.25) is 5.89 Å². The molecular weight excluding hydrogens is 458 g/mol. The first-order valence-electron chi connectivity index (χ1n) is 11.7. The zero-order valence-electron chi connectivity index (χ0n) is 20.3. The highest BCUT2D eigenvalue weighted by molar-refractivity contribution is 7.80. The predicted molar refractivity (Wildman–Crippen MR) is 144 cm³/mol. The first-order chi connectivity index (χ1) is 16.8. The lowest BCUT2D eigenvalue weighted by molar-refractivity contribution is 0.0977. The highest BCUT2D eigenvalue weighted by atomic mass is 32.1. The number of aromatic nitrogens is 1. The van der Waals surface area contributed by atoms with Gasteiger partial charge in [0.15, 0.2) is 10.7 Å². The molecule has 7 heteroatoms. The molecule has 0 aliphatic carbocycles. The van der Waals surface area contributed by atoms with E-state index in [4.69, 9.17) is 21.4 Å². The summed E-state index contributed by atoms with van der Waals surface area (Å²) in [6.07, 6.45) is 1.14. The van der Waals surface area contributed by atoms with Crippen LogP contribution >= 0.6 is 12.2 Å². The zero-order chi connectivity index (χ0) is 24.9. The van der Waals surface area contributed by atoms with E-state index in [0.717, 1.165) is 28.8 Å². The van der Waals surface area contributed by atoms with Crippen LogP contribution in [0.2, 0.25) is 0 Å². The summed E-state index contributed by atoms with van der Waals surface area (Å²) in [5.41, 5.74) is 4.85. The van der Waals surface area contributed by atoms with Crippen molar-refractivity contribution in [2.24, 2.45) is 0 Å². The average Bonchev–Trinajstić information content (AvgIpc) is 3.27. The number of ether oxygens (including phenoxy) is 1. The number of anilines is 1. The lowest BCUT2D eigenvalue weighted by Gasteiger charge is -2.12. The van der Waals surface area contributed by atoms with E-state index in [0.29, 0.717) is 23.1 Å². The predicted octanol–water partition coefficient (Wildman–Crippen LogP) is 6.92. The van der Waals surface area contributed by atoms with Crippen LogP contribution in [0.4, 0.5) is 5.69 Å². The Labute approximate surface area is 210 Å². The van der Waals surface area contributed by atoms with Crippen molar-refractivity contribution >= 4 is 40.0 Å². The molecule has 0 aliphatic heterocycles. The number of carbonyl (C=O) groups is 1. The number of nitrogens with one attached hydrogen (secondary N) is 2. The van der Waals surface area contributed by atoms with Crippen molar-refractivity contribution in [3.63, 3.8) is 0 Å². The molecule has 3 aromatic carbocycles. The first-order valence-corrected chi connectivity index (χ1v) is 12.1. The number of oxazole rings is 1. The Balaban J connectivity index is 1.43. The number of hydrogen-bond donors (Lipinski definition) is 2. The van der Waals surface area contributed by atoms with Crippen molar-refractivity contribution in [3.8, 4) is 17.2 Å². The Morgan fingerprint density at radius 3 is 2.54 bits per heavy atom. The Morgan fingerprint density at radius 2 is 1.83 bits per heavy atom. The second kappa shape index (κ2) is 10.7. The molecule has 35 heavy (non-hydrogen) atoms. The van der Waals surface area contributed by atoms with Gasteiger partial charge < -0.3 is 14.5 Å². The maximum absolute atomic E-state index is 12.6. The molecule has 0 bridgehead atoms. The molecule has 2 N–H and O–H groups in total. The van der Waals surface area contributed by atoms with Gasteiger partial charge in [0.25, 0.3) is 5.91 Å². The van der Waals surface area contributed by atoms with Crippen LogP contribution in [0.5, 0.6) is 5.75 Å². The van der Waals surface area contributed by atoms with E-state index in [1.165, 1.54) is 5.56 Å². The van der Waals surface area contributed by atoms with Crippen LogP contribution in [0.1, 0.15) is 56.0 Å². The molecule has 180 valence electrons. The molecule has 1 amide bonds. The average molecular weight is 488 g/mol. The lowest BCUT2D eigenvalue weighted by atomic mass is 9.98. The molecule has 0 saturated heterocycles. The van der Waals surface area contributed by atoms with Crippen LogP contribution in [-0.2, 0) is 0 Å². The van der Waals surface area contributed by atoms with Gasteiger partial charge in [-0.1, -0.05) is 26.0 Å². The molecule has 1 atom stereocenters. The molecule has 1 heterocycles. The van der Waals surface area contributed by atoms with E-state index in [-0.39, 0.29) is 17.1 Å². The van der Waals surface area contributed by atoms with E-state index >= 15 is 0 Å². The first kappa shape index (κ1) is 24.4. The second-order valence-electron chi connectivity index (χ2n) is 8.74. The number of nitrogens with zero attached hydrogens (tertiary/aromatic N) is 1. The van der Waals surface area contributed by atoms with Gasteiger partial charge in [0, 0.05) is 16.8 Å². The number of hydrogen-bond acceptors (Lipinski definition) is 5. The molecule has 4 aromatic rings. The van der Waals surface area contributed by atoms with Crippen LogP contribution in [0, 0.1) is 0 Å². The summed E-state index contributed by atoms with van der Waals surface area (Å²) < 4.78 is 11.6. The fourth-order valence-corrected chi connectivity index (χ4v) is 3.85. The minimum absolute atomic E-state index is 0.0687. The Bertz CT molecular complexity index is 1350. The van der Waals surface area contributed by atoms with Crippen LogP contribution in [0.25, 0.3) is 22.6 Å². The zero-order valence-corrected chi connectivity index (χ0v) is 21.1. The molecule has 0 spiro atoms. The van der Waals surface area contributed by atoms with Gasteiger partial charge in [0.1, 0.15) is 11.3 Å². The normalized spacial score (nSPS) is 11.9. The molecule has 0 saturated carbocycles. The van der Waals surface area contributed by atoms with E-state index < -0.39 is 0 Å².